The number of halogens is 3. The van der Waals surface area contributed by atoms with E-state index in [0.717, 1.165) is 24.4 Å². The van der Waals surface area contributed by atoms with E-state index in [1.54, 1.807) is 18.7 Å². The van der Waals surface area contributed by atoms with Crippen molar-refractivity contribution >= 4 is 17.7 Å². The molecule has 1 amide bonds. The van der Waals surface area contributed by atoms with Crippen molar-refractivity contribution < 1.29 is 18.0 Å². The van der Waals surface area contributed by atoms with E-state index in [9.17, 15) is 18.0 Å². The number of thioether (sulfide) groups is 1. The largest absolute Gasteiger partial charge is 0.416 e. The second-order valence-electron chi connectivity index (χ2n) is 4.93. The first-order valence-electron chi connectivity index (χ1n) is 6.66. The Bertz CT molecular complexity index is 484. The zero-order valence-electron chi connectivity index (χ0n) is 11.5. The van der Waals surface area contributed by atoms with Crippen LogP contribution in [0, 0.1) is 0 Å². The van der Waals surface area contributed by atoms with Gasteiger partial charge in [0.2, 0.25) is 5.91 Å². The Kier molecular flexibility index (Phi) is 5.16. The lowest BCUT2D eigenvalue weighted by Crippen LogP contribution is -2.49. The highest BCUT2D eigenvalue weighted by atomic mass is 32.2. The minimum Gasteiger partial charge on any atom is -0.348 e. The zero-order chi connectivity index (χ0) is 15.5. The summed E-state index contributed by atoms with van der Waals surface area (Å²) < 4.78 is 37.5. The molecule has 116 valence electrons. The number of hydrogen-bond acceptors (Lipinski definition) is 3. The number of rotatable bonds is 3. The molecule has 7 heteroatoms. The summed E-state index contributed by atoms with van der Waals surface area (Å²) in [5.41, 5.74) is -0.0325. The molecule has 1 fully saturated rings. The highest BCUT2D eigenvalue weighted by molar-refractivity contribution is 7.99. The van der Waals surface area contributed by atoms with Gasteiger partial charge in [-0.05, 0) is 24.6 Å². The van der Waals surface area contributed by atoms with Crippen LogP contribution in [0.1, 0.15) is 24.1 Å². The fourth-order valence-corrected chi connectivity index (χ4v) is 3.03. The summed E-state index contributed by atoms with van der Waals surface area (Å²) in [5.74, 6) is 1.58. The molecule has 1 aromatic carbocycles. The molecule has 21 heavy (non-hydrogen) atoms. The lowest BCUT2D eigenvalue weighted by Gasteiger charge is -2.24. The van der Waals surface area contributed by atoms with Gasteiger partial charge in [0.15, 0.2) is 0 Å². The molecule has 1 aliphatic heterocycles. The van der Waals surface area contributed by atoms with Gasteiger partial charge < -0.3 is 10.6 Å². The van der Waals surface area contributed by atoms with Crippen molar-refractivity contribution in [2.75, 3.05) is 18.1 Å². The maximum atomic E-state index is 12.5. The summed E-state index contributed by atoms with van der Waals surface area (Å²) in [6, 6.07) is 4.31. The number of amides is 1. The van der Waals surface area contributed by atoms with Gasteiger partial charge in [-0.2, -0.15) is 24.9 Å². The first-order chi connectivity index (χ1) is 9.88. The Balaban J connectivity index is 1.96. The average Bonchev–Trinajstić information content (AvgIpc) is 2.47. The second-order valence-corrected chi connectivity index (χ2v) is 6.08. The molecule has 0 bridgehead atoms. The van der Waals surface area contributed by atoms with Crippen molar-refractivity contribution in [3.05, 3.63) is 35.4 Å². The second kappa shape index (κ2) is 6.70. The third-order valence-electron chi connectivity index (χ3n) is 3.33. The smallest absolute Gasteiger partial charge is 0.348 e. The lowest BCUT2D eigenvalue weighted by atomic mass is 10.1. The van der Waals surface area contributed by atoms with Crippen LogP contribution in [0.25, 0.3) is 0 Å². The minimum absolute atomic E-state index is 0.116. The molecule has 2 rings (SSSR count). The van der Waals surface area contributed by atoms with E-state index >= 15 is 0 Å². The van der Waals surface area contributed by atoms with Crippen LogP contribution in [0.4, 0.5) is 13.2 Å². The van der Waals surface area contributed by atoms with Gasteiger partial charge >= 0.3 is 6.18 Å². The number of alkyl halides is 3. The van der Waals surface area contributed by atoms with Crippen LogP contribution in [-0.4, -0.2) is 30.0 Å². The van der Waals surface area contributed by atoms with Gasteiger partial charge in [0.25, 0.3) is 0 Å². The van der Waals surface area contributed by atoms with Crippen molar-refractivity contribution in [3.8, 4) is 0 Å². The van der Waals surface area contributed by atoms with Crippen molar-refractivity contribution in [1.29, 1.82) is 0 Å². The Morgan fingerprint density at radius 1 is 1.38 bits per heavy atom. The van der Waals surface area contributed by atoms with Crippen LogP contribution in [0.5, 0.6) is 0 Å². The van der Waals surface area contributed by atoms with Crippen molar-refractivity contribution in [1.82, 2.24) is 10.6 Å². The molecular formula is C14H17F3N2OS. The van der Waals surface area contributed by atoms with E-state index in [1.807, 2.05) is 0 Å². The molecule has 2 unspecified atom stereocenters. The van der Waals surface area contributed by atoms with Crippen LogP contribution in [-0.2, 0) is 11.0 Å². The van der Waals surface area contributed by atoms with Crippen LogP contribution in [0.2, 0.25) is 0 Å². The standard InChI is InChI=1S/C14H17F3N2OS/c1-9(19-13(20)12-8-21-7-6-18-12)10-2-4-11(5-3-10)14(15,16)17/h2-5,9,12,18H,6-8H2,1H3,(H,19,20). The number of benzene rings is 1. The average molecular weight is 318 g/mol. The first-order valence-corrected chi connectivity index (χ1v) is 7.82. The van der Waals surface area contributed by atoms with Gasteiger partial charge in [-0.25, -0.2) is 0 Å². The molecule has 0 spiro atoms. The molecule has 0 aromatic heterocycles. The molecule has 0 radical (unpaired) electrons. The Labute approximate surface area is 125 Å². The van der Waals surface area contributed by atoms with E-state index in [-0.39, 0.29) is 18.0 Å². The van der Waals surface area contributed by atoms with Crippen molar-refractivity contribution in [2.24, 2.45) is 0 Å². The third-order valence-corrected chi connectivity index (χ3v) is 4.40. The quantitative estimate of drug-likeness (QED) is 0.900. The number of nitrogens with one attached hydrogen (secondary N) is 2. The number of carbonyl (C=O) groups excluding carboxylic acids is 1. The predicted molar refractivity (Wildman–Crippen MR) is 77.1 cm³/mol. The highest BCUT2D eigenvalue weighted by Crippen LogP contribution is 2.29. The van der Waals surface area contributed by atoms with Crippen LogP contribution in [0.15, 0.2) is 24.3 Å². The van der Waals surface area contributed by atoms with Crippen LogP contribution in [0.3, 0.4) is 0 Å². The Hall–Kier alpha value is -1.21. The molecule has 2 atom stereocenters. The Morgan fingerprint density at radius 3 is 2.57 bits per heavy atom. The molecule has 3 nitrogen and oxygen atoms in total. The van der Waals surface area contributed by atoms with Gasteiger partial charge in [0, 0.05) is 18.1 Å². The van der Waals surface area contributed by atoms with E-state index in [2.05, 4.69) is 10.6 Å². The molecule has 0 saturated carbocycles. The number of carbonyl (C=O) groups is 1. The lowest BCUT2D eigenvalue weighted by molar-refractivity contribution is -0.137. The molecule has 0 aliphatic carbocycles. The molecular weight excluding hydrogens is 301 g/mol. The summed E-state index contributed by atoms with van der Waals surface area (Å²) in [5, 5.41) is 5.95. The third kappa shape index (κ3) is 4.38. The summed E-state index contributed by atoms with van der Waals surface area (Å²) in [6.07, 6.45) is -4.34. The summed E-state index contributed by atoms with van der Waals surface area (Å²) >= 11 is 1.71. The van der Waals surface area contributed by atoms with E-state index in [1.165, 1.54) is 12.1 Å². The van der Waals surface area contributed by atoms with Crippen molar-refractivity contribution in [2.45, 2.75) is 25.2 Å². The summed E-state index contributed by atoms with van der Waals surface area (Å²) in [4.78, 5) is 12.0. The van der Waals surface area contributed by atoms with E-state index < -0.39 is 11.7 Å². The fraction of sp³-hybridized carbons (Fsp3) is 0.500. The number of hydrogen-bond donors (Lipinski definition) is 2. The molecule has 1 aliphatic rings. The molecule has 1 heterocycles. The van der Waals surface area contributed by atoms with Gasteiger partial charge in [0.05, 0.1) is 17.6 Å². The SMILES string of the molecule is CC(NC(=O)C1CSCCN1)c1ccc(C(F)(F)F)cc1. The first kappa shape index (κ1) is 16.2. The maximum Gasteiger partial charge on any atom is 0.416 e. The topological polar surface area (TPSA) is 41.1 Å². The summed E-state index contributed by atoms with van der Waals surface area (Å²) in [6.45, 7) is 2.55. The Morgan fingerprint density at radius 2 is 2.05 bits per heavy atom. The predicted octanol–water partition coefficient (Wildman–Crippen LogP) is 2.59. The van der Waals surface area contributed by atoms with Crippen LogP contribution >= 0.6 is 11.8 Å². The zero-order valence-corrected chi connectivity index (χ0v) is 12.4. The molecule has 1 saturated heterocycles. The normalized spacial score (nSPS) is 20.9. The van der Waals surface area contributed by atoms with Crippen molar-refractivity contribution in [3.63, 3.8) is 0 Å². The highest BCUT2D eigenvalue weighted by Gasteiger charge is 2.30. The fourth-order valence-electron chi connectivity index (χ4n) is 2.09. The monoisotopic (exact) mass is 318 g/mol. The van der Waals surface area contributed by atoms with E-state index in [4.69, 9.17) is 0 Å². The summed E-state index contributed by atoms with van der Waals surface area (Å²) in [7, 11) is 0. The van der Waals surface area contributed by atoms with E-state index in [0.29, 0.717) is 11.3 Å². The van der Waals surface area contributed by atoms with Gasteiger partial charge in [-0.15, -0.1) is 0 Å². The minimum atomic E-state index is -4.34. The molecule has 2 N–H and O–H groups in total. The van der Waals surface area contributed by atoms with Crippen LogP contribution < -0.4 is 10.6 Å². The van der Waals surface area contributed by atoms with Gasteiger partial charge in [-0.3, -0.25) is 4.79 Å². The van der Waals surface area contributed by atoms with Gasteiger partial charge in [0.1, 0.15) is 0 Å². The van der Waals surface area contributed by atoms with Gasteiger partial charge in [-0.1, -0.05) is 12.1 Å². The molecule has 1 aromatic rings. The maximum absolute atomic E-state index is 12.5.